The third-order valence-corrected chi connectivity index (χ3v) is 5.37. The number of nitrogens with zero attached hydrogens (tertiary/aromatic N) is 4. The first-order valence-corrected chi connectivity index (χ1v) is 7.80. The van der Waals surface area contributed by atoms with Crippen LogP contribution >= 0.6 is 11.8 Å². The summed E-state index contributed by atoms with van der Waals surface area (Å²) in [6.07, 6.45) is 6.17. The predicted octanol–water partition coefficient (Wildman–Crippen LogP) is 0.954. The normalized spacial score (nSPS) is 20.2. The Bertz CT molecular complexity index is 364. The Kier molecular flexibility index (Phi) is 4.64. The lowest BCUT2D eigenvalue weighted by molar-refractivity contribution is 0.188. The summed E-state index contributed by atoms with van der Waals surface area (Å²) in [7, 11) is 0. The molecule has 2 rings (SSSR count). The summed E-state index contributed by atoms with van der Waals surface area (Å²) in [5, 5.41) is 4.22. The van der Waals surface area contributed by atoms with Crippen LogP contribution in [-0.2, 0) is 13.1 Å². The standard InChI is InChI=1S/C12H23N5S/c1-3-17-11(14-10-15-17)8-16-6-4-12(9-13,18-2)5-7-16/h10H,3-9,13H2,1-2H3. The molecule has 1 aromatic rings. The fraction of sp³-hybridized carbons (Fsp3) is 0.833. The zero-order valence-corrected chi connectivity index (χ0v) is 12.1. The zero-order valence-electron chi connectivity index (χ0n) is 11.3. The van der Waals surface area contributed by atoms with E-state index in [2.05, 4.69) is 28.2 Å². The largest absolute Gasteiger partial charge is 0.329 e. The van der Waals surface area contributed by atoms with E-state index in [0.717, 1.165) is 38.5 Å². The van der Waals surface area contributed by atoms with Crippen molar-refractivity contribution in [1.82, 2.24) is 19.7 Å². The molecule has 0 unspecified atom stereocenters. The average Bonchev–Trinajstić information content (AvgIpc) is 2.87. The van der Waals surface area contributed by atoms with E-state index < -0.39 is 0 Å². The molecule has 0 radical (unpaired) electrons. The molecular weight excluding hydrogens is 246 g/mol. The van der Waals surface area contributed by atoms with Crippen LogP contribution in [0, 0.1) is 0 Å². The Morgan fingerprint density at radius 3 is 2.72 bits per heavy atom. The molecule has 0 aliphatic carbocycles. The van der Waals surface area contributed by atoms with Crippen LogP contribution in [-0.4, -0.2) is 50.3 Å². The summed E-state index contributed by atoms with van der Waals surface area (Å²) in [5.41, 5.74) is 5.91. The number of thioether (sulfide) groups is 1. The van der Waals surface area contributed by atoms with Crippen LogP contribution < -0.4 is 5.73 Å². The van der Waals surface area contributed by atoms with Crippen LogP contribution in [0.5, 0.6) is 0 Å². The smallest absolute Gasteiger partial charge is 0.140 e. The lowest BCUT2D eigenvalue weighted by Crippen LogP contribution is -2.46. The second kappa shape index (κ2) is 6.04. The highest BCUT2D eigenvalue weighted by atomic mass is 32.2. The molecule has 102 valence electrons. The molecule has 0 bridgehead atoms. The maximum atomic E-state index is 5.91. The van der Waals surface area contributed by atoms with Gasteiger partial charge in [-0.05, 0) is 39.1 Å². The first-order valence-electron chi connectivity index (χ1n) is 6.57. The van der Waals surface area contributed by atoms with Crippen LogP contribution in [0.25, 0.3) is 0 Å². The first kappa shape index (κ1) is 13.8. The predicted molar refractivity (Wildman–Crippen MR) is 75.5 cm³/mol. The molecule has 2 heterocycles. The van der Waals surface area contributed by atoms with Gasteiger partial charge in [0.2, 0.25) is 0 Å². The van der Waals surface area contributed by atoms with Crippen molar-refractivity contribution in [2.75, 3.05) is 25.9 Å². The Morgan fingerprint density at radius 2 is 2.17 bits per heavy atom. The van der Waals surface area contributed by atoms with Gasteiger partial charge < -0.3 is 5.73 Å². The van der Waals surface area contributed by atoms with Gasteiger partial charge in [-0.25, -0.2) is 9.67 Å². The fourth-order valence-electron chi connectivity index (χ4n) is 2.48. The molecular formula is C12H23N5S. The van der Waals surface area contributed by atoms with Gasteiger partial charge in [-0.1, -0.05) is 0 Å². The number of likely N-dealkylation sites (tertiary alicyclic amines) is 1. The van der Waals surface area contributed by atoms with Crippen LogP contribution in [0.15, 0.2) is 6.33 Å². The van der Waals surface area contributed by atoms with E-state index in [1.807, 2.05) is 16.4 Å². The molecule has 1 saturated heterocycles. The summed E-state index contributed by atoms with van der Waals surface area (Å²) in [6.45, 7) is 6.89. The van der Waals surface area contributed by atoms with Gasteiger partial charge in [-0.3, -0.25) is 4.90 Å². The molecule has 1 aromatic heterocycles. The lowest BCUT2D eigenvalue weighted by atomic mass is 9.96. The molecule has 1 aliphatic rings. The van der Waals surface area contributed by atoms with Crippen LogP contribution in [0.4, 0.5) is 0 Å². The van der Waals surface area contributed by atoms with E-state index >= 15 is 0 Å². The molecule has 1 fully saturated rings. The quantitative estimate of drug-likeness (QED) is 0.862. The van der Waals surface area contributed by atoms with Crippen molar-refractivity contribution in [3.8, 4) is 0 Å². The van der Waals surface area contributed by atoms with Crippen molar-refractivity contribution in [2.24, 2.45) is 5.73 Å². The second-order valence-electron chi connectivity index (χ2n) is 4.86. The Morgan fingerprint density at radius 1 is 1.44 bits per heavy atom. The SMILES string of the molecule is CCn1ncnc1CN1CCC(CN)(SC)CC1. The average molecular weight is 269 g/mol. The molecule has 0 atom stereocenters. The molecule has 2 N–H and O–H groups in total. The highest BCUT2D eigenvalue weighted by Crippen LogP contribution is 2.33. The second-order valence-corrected chi connectivity index (χ2v) is 6.13. The van der Waals surface area contributed by atoms with E-state index in [0.29, 0.717) is 4.75 Å². The number of hydrogen-bond donors (Lipinski definition) is 1. The minimum absolute atomic E-state index is 0.301. The number of aromatic nitrogens is 3. The summed E-state index contributed by atoms with van der Waals surface area (Å²) in [6, 6.07) is 0. The van der Waals surface area contributed by atoms with Crippen LogP contribution in [0.3, 0.4) is 0 Å². The van der Waals surface area contributed by atoms with Gasteiger partial charge in [0.25, 0.3) is 0 Å². The molecule has 6 heteroatoms. The summed E-state index contributed by atoms with van der Waals surface area (Å²) < 4.78 is 2.27. The van der Waals surface area contributed by atoms with Gasteiger partial charge in [0.05, 0.1) is 6.54 Å². The first-order chi connectivity index (χ1) is 8.73. The number of rotatable bonds is 5. The number of hydrogen-bond acceptors (Lipinski definition) is 5. The third kappa shape index (κ3) is 2.87. The maximum Gasteiger partial charge on any atom is 0.140 e. The van der Waals surface area contributed by atoms with E-state index in [4.69, 9.17) is 5.73 Å². The van der Waals surface area contributed by atoms with Crippen molar-refractivity contribution >= 4 is 11.8 Å². The molecule has 5 nitrogen and oxygen atoms in total. The minimum atomic E-state index is 0.301. The summed E-state index contributed by atoms with van der Waals surface area (Å²) in [5.74, 6) is 1.07. The van der Waals surface area contributed by atoms with Gasteiger partial charge in [0.1, 0.15) is 12.2 Å². The van der Waals surface area contributed by atoms with E-state index in [1.165, 1.54) is 12.8 Å². The monoisotopic (exact) mass is 269 g/mol. The number of piperidine rings is 1. The highest BCUT2D eigenvalue weighted by molar-refractivity contribution is 8.00. The van der Waals surface area contributed by atoms with E-state index in [9.17, 15) is 0 Å². The van der Waals surface area contributed by atoms with Gasteiger partial charge in [0.15, 0.2) is 0 Å². The molecule has 18 heavy (non-hydrogen) atoms. The molecule has 0 amide bonds. The van der Waals surface area contributed by atoms with Crippen molar-refractivity contribution < 1.29 is 0 Å². The molecule has 0 saturated carbocycles. The third-order valence-electron chi connectivity index (χ3n) is 3.93. The summed E-state index contributed by atoms with van der Waals surface area (Å²) in [4.78, 5) is 6.80. The summed E-state index contributed by atoms with van der Waals surface area (Å²) >= 11 is 1.93. The number of nitrogens with two attached hydrogens (primary N) is 1. The highest BCUT2D eigenvalue weighted by Gasteiger charge is 2.32. The van der Waals surface area contributed by atoms with Crippen LogP contribution in [0.1, 0.15) is 25.6 Å². The zero-order chi connectivity index (χ0) is 13.0. The van der Waals surface area contributed by atoms with Gasteiger partial charge >= 0.3 is 0 Å². The fourth-order valence-corrected chi connectivity index (χ4v) is 3.24. The minimum Gasteiger partial charge on any atom is -0.329 e. The van der Waals surface area contributed by atoms with Crippen molar-refractivity contribution in [2.45, 2.75) is 37.6 Å². The van der Waals surface area contributed by atoms with E-state index in [1.54, 1.807) is 6.33 Å². The maximum absolute atomic E-state index is 5.91. The molecule has 0 aromatic carbocycles. The lowest BCUT2D eigenvalue weighted by Gasteiger charge is -2.39. The molecule has 0 spiro atoms. The molecule has 1 aliphatic heterocycles. The van der Waals surface area contributed by atoms with E-state index in [-0.39, 0.29) is 0 Å². The van der Waals surface area contributed by atoms with Gasteiger partial charge in [-0.15, -0.1) is 0 Å². The van der Waals surface area contributed by atoms with Crippen LogP contribution in [0.2, 0.25) is 0 Å². The Hall–Kier alpha value is -0.590. The van der Waals surface area contributed by atoms with Gasteiger partial charge in [0, 0.05) is 17.8 Å². The van der Waals surface area contributed by atoms with Crippen molar-refractivity contribution in [3.05, 3.63) is 12.2 Å². The Labute approximate surface area is 113 Å². The van der Waals surface area contributed by atoms with Crippen molar-refractivity contribution in [1.29, 1.82) is 0 Å². The Balaban J connectivity index is 1.91. The topological polar surface area (TPSA) is 60.0 Å². The number of aryl methyl sites for hydroxylation is 1. The van der Waals surface area contributed by atoms with Crippen molar-refractivity contribution in [3.63, 3.8) is 0 Å². The van der Waals surface area contributed by atoms with Gasteiger partial charge in [-0.2, -0.15) is 16.9 Å².